The van der Waals surface area contributed by atoms with Crippen LogP contribution in [0.15, 0.2) is 24.3 Å². The summed E-state index contributed by atoms with van der Waals surface area (Å²) >= 11 is 0. The number of unbranched alkanes of at least 4 members (excludes halogenated alkanes) is 2. The zero-order valence-electron chi connectivity index (χ0n) is 10.5. The standard InChI is InChI=1S/C13H13F3N2O2/c14-13(15,16)12(20)18(9-3-1-2-8-17)10-4-6-11(19)7-5-10/h4-7,19H,1-3,9H2. The maximum atomic E-state index is 12.5. The van der Waals surface area contributed by atoms with Crippen LogP contribution in [0.2, 0.25) is 0 Å². The number of hydrogen-bond acceptors (Lipinski definition) is 3. The minimum absolute atomic E-state index is 0.0575. The summed E-state index contributed by atoms with van der Waals surface area (Å²) in [6.07, 6.45) is -4.04. The average molecular weight is 286 g/mol. The first-order chi connectivity index (χ1) is 9.36. The lowest BCUT2D eigenvalue weighted by Crippen LogP contribution is -2.41. The summed E-state index contributed by atoms with van der Waals surface area (Å²) in [5.74, 6) is -2.06. The van der Waals surface area contributed by atoms with Crippen molar-refractivity contribution in [1.82, 2.24) is 0 Å². The summed E-state index contributed by atoms with van der Waals surface area (Å²) in [5.41, 5.74) is 0.0575. The van der Waals surface area contributed by atoms with Gasteiger partial charge in [0, 0.05) is 18.7 Å². The summed E-state index contributed by atoms with van der Waals surface area (Å²) in [4.78, 5) is 12.0. The number of nitrogens with zero attached hydrogens (tertiary/aromatic N) is 2. The lowest BCUT2D eigenvalue weighted by molar-refractivity contribution is -0.170. The molecule has 0 radical (unpaired) electrons. The Balaban J connectivity index is 2.87. The number of hydrogen-bond donors (Lipinski definition) is 1. The van der Waals surface area contributed by atoms with E-state index in [1.54, 1.807) is 0 Å². The molecule has 0 aliphatic carbocycles. The number of carbonyl (C=O) groups excluding carboxylic acids is 1. The molecule has 0 saturated heterocycles. The zero-order valence-corrected chi connectivity index (χ0v) is 10.5. The number of nitriles is 1. The molecule has 0 fully saturated rings. The van der Waals surface area contributed by atoms with E-state index in [1.165, 1.54) is 24.3 Å². The van der Waals surface area contributed by atoms with Gasteiger partial charge >= 0.3 is 12.1 Å². The second-order valence-corrected chi connectivity index (χ2v) is 4.09. The summed E-state index contributed by atoms with van der Waals surface area (Å²) < 4.78 is 37.6. The van der Waals surface area contributed by atoms with Crippen molar-refractivity contribution < 1.29 is 23.1 Å². The topological polar surface area (TPSA) is 64.3 Å². The van der Waals surface area contributed by atoms with E-state index >= 15 is 0 Å². The molecule has 0 aliphatic rings. The summed E-state index contributed by atoms with van der Waals surface area (Å²) in [5, 5.41) is 17.5. The van der Waals surface area contributed by atoms with Crippen molar-refractivity contribution >= 4 is 11.6 Å². The normalized spacial score (nSPS) is 10.9. The van der Waals surface area contributed by atoms with E-state index in [9.17, 15) is 18.0 Å². The van der Waals surface area contributed by atoms with E-state index in [0.717, 1.165) is 0 Å². The molecule has 4 nitrogen and oxygen atoms in total. The van der Waals surface area contributed by atoms with Gasteiger partial charge in [0.05, 0.1) is 6.07 Å². The number of carbonyl (C=O) groups is 1. The highest BCUT2D eigenvalue weighted by Crippen LogP contribution is 2.25. The zero-order chi connectivity index (χ0) is 15.2. The van der Waals surface area contributed by atoms with E-state index in [0.29, 0.717) is 11.3 Å². The molecule has 1 aromatic carbocycles. The molecule has 0 bridgehead atoms. The van der Waals surface area contributed by atoms with Gasteiger partial charge in [-0.15, -0.1) is 0 Å². The molecule has 0 aromatic heterocycles. The fourth-order valence-corrected chi connectivity index (χ4v) is 1.61. The molecule has 0 saturated carbocycles. The van der Waals surface area contributed by atoms with E-state index in [-0.39, 0.29) is 30.8 Å². The predicted molar refractivity (Wildman–Crippen MR) is 66.0 cm³/mol. The van der Waals surface area contributed by atoms with Crippen LogP contribution < -0.4 is 4.90 Å². The van der Waals surface area contributed by atoms with Gasteiger partial charge in [-0.25, -0.2) is 0 Å². The SMILES string of the molecule is N#CCCCCN(C(=O)C(F)(F)F)c1ccc(O)cc1. The number of alkyl halides is 3. The third-order valence-electron chi connectivity index (χ3n) is 2.57. The molecule has 108 valence electrons. The van der Waals surface area contributed by atoms with Gasteiger partial charge in [-0.05, 0) is 37.1 Å². The number of aromatic hydroxyl groups is 1. The Labute approximate surface area is 114 Å². The Kier molecular flexibility index (Phi) is 5.38. The molecule has 0 aliphatic heterocycles. The first-order valence-corrected chi connectivity index (χ1v) is 5.91. The van der Waals surface area contributed by atoms with Gasteiger partial charge in [0.25, 0.3) is 0 Å². The van der Waals surface area contributed by atoms with Crippen LogP contribution in [0.5, 0.6) is 5.75 Å². The quantitative estimate of drug-likeness (QED) is 0.846. The molecule has 0 spiro atoms. The van der Waals surface area contributed by atoms with Crippen molar-refractivity contribution in [3.63, 3.8) is 0 Å². The van der Waals surface area contributed by atoms with Gasteiger partial charge in [0.15, 0.2) is 0 Å². The Morgan fingerprint density at radius 3 is 2.35 bits per heavy atom. The van der Waals surface area contributed by atoms with Gasteiger partial charge in [0.1, 0.15) is 5.75 Å². The molecule has 1 amide bonds. The van der Waals surface area contributed by atoms with Gasteiger partial charge in [0.2, 0.25) is 0 Å². The van der Waals surface area contributed by atoms with Crippen LogP contribution in [0.3, 0.4) is 0 Å². The largest absolute Gasteiger partial charge is 0.508 e. The van der Waals surface area contributed by atoms with E-state index in [4.69, 9.17) is 10.4 Å². The van der Waals surface area contributed by atoms with E-state index in [1.807, 2.05) is 6.07 Å². The van der Waals surface area contributed by atoms with Crippen LogP contribution >= 0.6 is 0 Å². The van der Waals surface area contributed by atoms with Crippen molar-refractivity contribution in [3.05, 3.63) is 24.3 Å². The van der Waals surface area contributed by atoms with E-state index in [2.05, 4.69) is 0 Å². The smallest absolute Gasteiger partial charge is 0.471 e. The summed E-state index contributed by atoms with van der Waals surface area (Å²) in [6.45, 7) is -0.134. The molecule has 20 heavy (non-hydrogen) atoms. The number of rotatable bonds is 5. The first-order valence-electron chi connectivity index (χ1n) is 5.91. The predicted octanol–water partition coefficient (Wildman–Crippen LogP) is 2.98. The molecule has 7 heteroatoms. The lowest BCUT2D eigenvalue weighted by atomic mass is 10.2. The number of halogens is 3. The second-order valence-electron chi connectivity index (χ2n) is 4.09. The molecule has 1 rings (SSSR count). The molecule has 1 aromatic rings. The third kappa shape index (κ3) is 4.46. The molecule has 1 N–H and O–H groups in total. The van der Waals surface area contributed by atoms with Gasteiger partial charge in [-0.2, -0.15) is 18.4 Å². The third-order valence-corrected chi connectivity index (χ3v) is 2.57. The minimum atomic E-state index is -4.97. The van der Waals surface area contributed by atoms with Gasteiger partial charge in [-0.3, -0.25) is 4.79 Å². The van der Waals surface area contributed by atoms with Gasteiger partial charge in [-0.1, -0.05) is 0 Å². The van der Waals surface area contributed by atoms with Gasteiger partial charge < -0.3 is 10.0 Å². The number of amides is 1. The highest BCUT2D eigenvalue weighted by molar-refractivity contribution is 5.97. The maximum Gasteiger partial charge on any atom is 0.471 e. The van der Waals surface area contributed by atoms with Crippen molar-refractivity contribution in [1.29, 1.82) is 5.26 Å². The van der Waals surface area contributed by atoms with E-state index < -0.39 is 12.1 Å². The highest BCUT2D eigenvalue weighted by Gasteiger charge is 2.42. The van der Waals surface area contributed by atoms with Crippen molar-refractivity contribution in [2.45, 2.75) is 25.4 Å². The molecule has 0 heterocycles. The Morgan fingerprint density at radius 2 is 1.85 bits per heavy atom. The summed E-state index contributed by atoms with van der Waals surface area (Å²) in [7, 11) is 0. The molecular weight excluding hydrogens is 273 g/mol. The van der Waals surface area contributed by atoms with Crippen LogP contribution in [0.4, 0.5) is 18.9 Å². The van der Waals surface area contributed by atoms with Crippen LogP contribution in [-0.4, -0.2) is 23.7 Å². The molecule has 0 unspecified atom stereocenters. The Hall–Kier alpha value is -2.23. The summed E-state index contributed by atoms with van der Waals surface area (Å²) in [6, 6.07) is 6.79. The number of phenols is 1. The average Bonchev–Trinajstić information content (AvgIpc) is 2.39. The fourth-order valence-electron chi connectivity index (χ4n) is 1.61. The van der Waals surface area contributed by atoms with Crippen LogP contribution in [0.25, 0.3) is 0 Å². The first kappa shape index (κ1) is 15.8. The van der Waals surface area contributed by atoms with Crippen LogP contribution in [0, 0.1) is 11.3 Å². The highest BCUT2D eigenvalue weighted by atomic mass is 19.4. The monoisotopic (exact) mass is 286 g/mol. The number of phenolic OH excluding ortho intramolecular Hbond substituents is 1. The molecule has 0 atom stereocenters. The van der Waals surface area contributed by atoms with Crippen LogP contribution in [-0.2, 0) is 4.79 Å². The minimum Gasteiger partial charge on any atom is -0.508 e. The fraction of sp³-hybridized carbons (Fsp3) is 0.385. The lowest BCUT2D eigenvalue weighted by Gasteiger charge is -2.23. The van der Waals surface area contributed by atoms with Crippen LogP contribution in [0.1, 0.15) is 19.3 Å². The maximum absolute atomic E-state index is 12.5. The second kappa shape index (κ2) is 6.80. The molecular formula is C13H13F3N2O2. The van der Waals surface area contributed by atoms with Crippen molar-refractivity contribution in [2.75, 3.05) is 11.4 Å². The van der Waals surface area contributed by atoms with Crippen molar-refractivity contribution in [3.8, 4) is 11.8 Å². The Bertz CT molecular complexity index is 492. The number of anilines is 1. The number of benzene rings is 1. The Morgan fingerprint density at radius 1 is 1.25 bits per heavy atom. The van der Waals surface area contributed by atoms with Crippen molar-refractivity contribution in [2.24, 2.45) is 0 Å².